The first-order valence-corrected chi connectivity index (χ1v) is 8.28. The Labute approximate surface area is 140 Å². The van der Waals surface area contributed by atoms with Crippen molar-refractivity contribution in [3.63, 3.8) is 0 Å². The van der Waals surface area contributed by atoms with Crippen molar-refractivity contribution in [2.45, 2.75) is 24.7 Å². The normalized spacial score (nSPS) is 10.6. The fourth-order valence-electron chi connectivity index (χ4n) is 2.01. The van der Waals surface area contributed by atoms with Crippen LogP contribution in [0.15, 0.2) is 53.4 Å². The Kier molecular flexibility index (Phi) is 5.82. The third kappa shape index (κ3) is 4.86. The summed E-state index contributed by atoms with van der Waals surface area (Å²) in [5.41, 5.74) is 6.69. The van der Waals surface area contributed by atoms with Crippen molar-refractivity contribution < 1.29 is 14.3 Å². The van der Waals surface area contributed by atoms with Crippen LogP contribution >= 0.6 is 11.8 Å². The van der Waals surface area contributed by atoms with Gasteiger partial charge >= 0.3 is 5.97 Å². The highest BCUT2D eigenvalue weighted by Crippen LogP contribution is 2.25. The van der Waals surface area contributed by atoms with Crippen LogP contribution in [0.4, 0.5) is 0 Å². The smallest absolute Gasteiger partial charge is 0.344 e. The molecule has 0 aliphatic rings. The first-order chi connectivity index (χ1) is 11.0. The van der Waals surface area contributed by atoms with Crippen LogP contribution < -0.4 is 10.5 Å². The SMILES string of the molecule is CC(C)c1cccc(OC(=O)c2ccccc2SCC(N)=O)c1. The van der Waals surface area contributed by atoms with Crippen LogP contribution in [0.25, 0.3) is 0 Å². The van der Waals surface area contributed by atoms with E-state index in [1.807, 2.05) is 18.2 Å². The summed E-state index contributed by atoms with van der Waals surface area (Å²) in [6.07, 6.45) is 0. The minimum absolute atomic E-state index is 0.118. The summed E-state index contributed by atoms with van der Waals surface area (Å²) in [6.45, 7) is 4.16. The molecule has 0 aliphatic carbocycles. The predicted molar refractivity (Wildman–Crippen MR) is 91.8 cm³/mol. The highest BCUT2D eigenvalue weighted by molar-refractivity contribution is 8.00. The summed E-state index contributed by atoms with van der Waals surface area (Å²) >= 11 is 1.23. The van der Waals surface area contributed by atoms with E-state index in [2.05, 4.69) is 13.8 Å². The highest BCUT2D eigenvalue weighted by atomic mass is 32.2. The standard InChI is InChI=1S/C18H19NO3S/c1-12(2)13-6-5-7-14(10-13)22-18(21)15-8-3-4-9-16(15)23-11-17(19)20/h3-10,12H,11H2,1-2H3,(H2,19,20). The summed E-state index contributed by atoms with van der Waals surface area (Å²) in [7, 11) is 0. The summed E-state index contributed by atoms with van der Waals surface area (Å²) in [5.74, 6) is 0.108. The molecule has 2 aromatic carbocycles. The van der Waals surface area contributed by atoms with Crippen molar-refractivity contribution in [2.75, 3.05) is 5.75 Å². The lowest BCUT2D eigenvalue weighted by atomic mass is 10.0. The molecule has 0 unspecified atom stereocenters. The van der Waals surface area contributed by atoms with Crippen LogP contribution in [0.2, 0.25) is 0 Å². The highest BCUT2D eigenvalue weighted by Gasteiger charge is 2.15. The molecule has 4 nitrogen and oxygen atoms in total. The minimum atomic E-state index is -0.446. The van der Waals surface area contributed by atoms with Crippen LogP contribution in [0.5, 0.6) is 5.75 Å². The van der Waals surface area contributed by atoms with E-state index < -0.39 is 11.9 Å². The van der Waals surface area contributed by atoms with Crippen LogP contribution in [-0.4, -0.2) is 17.6 Å². The van der Waals surface area contributed by atoms with Gasteiger partial charge in [-0.05, 0) is 35.7 Å². The number of esters is 1. The number of hydrogen-bond acceptors (Lipinski definition) is 4. The molecule has 0 atom stereocenters. The Morgan fingerprint density at radius 3 is 2.57 bits per heavy atom. The summed E-state index contributed by atoms with van der Waals surface area (Å²) < 4.78 is 5.47. The molecule has 0 spiro atoms. The van der Waals surface area contributed by atoms with Crippen molar-refractivity contribution in [1.82, 2.24) is 0 Å². The maximum Gasteiger partial charge on any atom is 0.344 e. The van der Waals surface area contributed by atoms with Gasteiger partial charge in [-0.25, -0.2) is 4.79 Å². The molecule has 23 heavy (non-hydrogen) atoms. The van der Waals surface area contributed by atoms with Crippen LogP contribution in [0.3, 0.4) is 0 Å². The van der Waals surface area contributed by atoms with Gasteiger partial charge in [0.25, 0.3) is 0 Å². The van der Waals surface area contributed by atoms with Gasteiger partial charge in [-0.3, -0.25) is 4.79 Å². The Morgan fingerprint density at radius 1 is 1.13 bits per heavy atom. The van der Waals surface area contributed by atoms with Crippen molar-refractivity contribution >= 4 is 23.6 Å². The van der Waals surface area contributed by atoms with Gasteiger partial charge in [0, 0.05) is 4.90 Å². The van der Waals surface area contributed by atoms with E-state index >= 15 is 0 Å². The lowest BCUT2D eigenvalue weighted by molar-refractivity contribution is -0.115. The average Bonchev–Trinajstić information content (AvgIpc) is 2.53. The van der Waals surface area contributed by atoms with E-state index in [4.69, 9.17) is 10.5 Å². The summed E-state index contributed by atoms with van der Waals surface area (Å²) in [5, 5.41) is 0. The first kappa shape index (κ1) is 17.1. The van der Waals surface area contributed by atoms with E-state index in [0.29, 0.717) is 22.1 Å². The predicted octanol–water partition coefficient (Wildman–Crippen LogP) is 3.61. The van der Waals surface area contributed by atoms with Gasteiger partial charge in [-0.15, -0.1) is 11.8 Å². The molecule has 2 N–H and O–H groups in total. The second-order valence-corrected chi connectivity index (χ2v) is 6.39. The number of hydrogen-bond donors (Lipinski definition) is 1. The second kappa shape index (κ2) is 7.83. The van der Waals surface area contributed by atoms with E-state index in [1.54, 1.807) is 30.3 Å². The van der Waals surface area contributed by atoms with E-state index in [-0.39, 0.29) is 5.75 Å². The largest absolute Gasteiger partial charge is 0.423 e. The quantitative estimate of drug-likeness (QED) is 0.499. The van der Waals surface area contributed by atoms with Gasteiger partial charge in [0.05, 0.1) is 11.3 Å². The molecule has 0 fully saturated rings. The van der Waals surface area contributed by atoms with Gasteiger partial charge < -0.3 is 10.5 Å². The molecule has 0 aliphatic heterocycles. The number of rotatable bonds is 6. The van der Waals surface area contributed by atoms with Gasteiger partial charge in [-0.1, -0.05) is 38.1 Å². The Bertz CT molecular complexity index is 713. The molecule has 2 aromatic rings. The fourth-order valence-corrected chi connectivity index (χ4v) is 2.79. The van der Waals surface area contributed by atoms with Gasteiger partial charge in [0.2, 0.25) is 5.91 Å². The average molecular weight is 329 g/mol. The van der Waals surface area contributed by atoms with Crippen molar-refractivity contribution in [3.05, 3.63) is 59.7 Å². The zero-order valence-electron chi connectivity index (χ0n) is 13.1. The number of carbonyl (C=O) groups is 2. The van der Waals surface area contributed by atoms with Crippen molar-refractivity contribution in [2.24, 2.45) is 5.73 Å². The summed E-state index contributed by atoms with van der Waals surface area (Å²) in [6, 6.07) is 14.5. The Hall–Kier alpha value is -2.27. The van der Waals surface area contributed by atoms with Crippen LogP contribution in [0, 0.1) is 0 Å². The molecule has 1 amide bonds. The number of ether oxygens (including phenoxy) is 1. The molecule has 5 heteroatoms. The van der Waals surface area contributed by atoms with Crippen molar-refractivity contribution in [1.29, 1.82) is 0 Å². The summed E-state index contributed by atoms with van der Waals surface area (Å²) in [4.78, 5) is 24.0. The minimum Gasteiger partial charge on any atom is -0.423 e. The van der Waals surface area contributed by atoms with Gasteiger partial charge in [0.1, 0.15) is 5.75 Å². The number of benzene rings is 2. The van der Waals surface area contributed by atoms with Gasteiger partial charge in [-0.2, -0.15) is 0 Å². The molecule has 0 bridgehead atoms. The monoisotopic (exact) mass is 329 g/mol. The molecule has 120 valence electrons. The number of primary amides is 1. The molecule has 0 radical (unpaired) electrons. The van der Waals surface area contributed by atoms with E-state index in [1.165, 1.54) is 11.8 Å². The lowest BCUT2D eigenvalue weighted by Gasteiger charge is -2.10. The maximum absolute atomic E-state index is 12.4. The van der Waals surface area contributed by atoms with Crippen LogP contribution in [0.1, 0.15) is 35.7 Å². The first-order valence-electron chi connectivity index (χ1n) is 7.29. The molecule has 0 saturated heterocycles. The molecular weight excluding hydrogens is 310 g/mol. The Morgan fingerprint density at radius 2 is 1.87 bits per heavy atom. The number of nitrogens with two attached hydrogens (primary N) is 1. The second-order valence-electron chi connectivity index (χ2n) is 5.37. The molecule has 2 rings (SSSR count). The zero-order chi connectivity index (χ0) is 16.8. The van der Waals surface area contributed by atoms with Gasteiger partial charge in [0.15, 0.2) is 0 Å². The zero-order valence-corrected chi connectivity index (χ0v) is 13.9. The third-order valence-corrected chi connectivity index (χ3v) is 4.31. The van der Waals surface area contributed by atoms with Crippen LogP contribution in [-0.2, 0) is 4.79 Å². The van der Waals surface area contributed by atoms with Crippen molar-refractivity contribution in [3.8, 4) is 5.75 Å². The molecule has 0 aromatic heterocycles. The number of thioether (sulfide) groups is 1. The molecule has 0 saturated carbocycles. The maximum atomic E-state index is 12.4. The number of amides is 1. The third-order valence-electron chi connectivity index (χ3n) is 3.21. The van der Waals surface area contributed by atoms with E-state index in [0.717, 1.165) is 5.56 Å². The fraction of sp³-hybridized carbons (Fsp3) is 0.222. The molecule has 0 heterocycles. The topological polar surface area (TPSA) is 69.4 Å². The molecular formula is C18H19NO3S. The lowest BCUT2D eigenvalue weighted by Crippen LogP contribution is -2.14. The van der Waals surface area contributed by atoms with E-state index in [9.17, 15) is 9.59 Å². The number of carbonyl (C=O) groups excluding carboxylic acids is 2. The Balaban J connectivity index is 2.17.